The van der Waals surface area contributed by atoms with Crippen molar-refractivity contribution in [2.75, 3.05) is 40.0 Å². The van der Waals surface area contributed by atoms with Crippen molar-refractivity contribution in [1.82, 2.24) is 20.5 Å². The highest BCUT2D eigenvalue weighted by atomic mass is 16.5. The highest BCUT2D eigenvalue weighted by Crippen LogP contribution is 2.36. The maximum Gasteiger partial charge on any atom is 0.406 e. The van der Waals surface area contributed by atoms with Crippen molar-refractivity contribution in [2.24, 2.45) is 0 Å². The van der Waals surface area contributed by atoms with Gasteiger partial charge in [0.2, 0.25) is 5.88 Å². The van der Waals surface area contributed by atoms with Gasteiger partial charge in [-0.25, -0.2) is 9.78 Å². The van der Waals surface area contributed by atoms with E-state index in [0.717, 1.165) is 36.9 Å². The molecule has 1 saturated heterocycles. The van der Waals surface area contributed by atoms with Gasteiger partial charge in [-0.2, -0.15) is 0 Å². The molecule has 2 fully saturated rings. The van der Waals surface area contributed by atoms with E-state index in [-0.39, 0.29) is 18.0 Å². The highest BCUT2D eigenvalue weighted by molar-refractivity contribution is 5.82. The molecule has 0 radical (unpaired) electrons. The number of methoxy groups -OCH3 is 1. The van der Waals surface area contributed by atoms with Crippen LogP contribution in [0.15, 0.2) is 12.3 Å². The molecular weight excluding hydrogens is 400 g/mol. The smallest absolute Gasteiger partial charge is 0.406 e. The minimum Gasteiger partial charge on any atom is -0.478 e. The summed E-state index contributed by atoms with van der Waals surface area (Å²) in [4.78, 5) is 31.0. The van der Waals surface area contributed by atoms with E-state index >= 15 is 0 Å². The van der Waals surface area contributed by atoms with Gasteiger partial charge in [-0.1, -0.05) is 0 Å². The van der Waals surface area contributed by atoms with E-state index in [4.69, 9.17) is 9.47 Å². The Morgan fingerprint density at radius 1 is 1.42 bits per heavy atom. The van der Waals surface area contributed by atoms with E-state index in [1.807, 2.05) is 18.7 Å². The molecule has 172 valence electrons. The third-order valence-corrected chi connectivity index (χ3v) is 5.60. The average molecular weight is 435 g/mol. The number of carbonyl (C=O) groups excluding carboxylic acids is 2. The number of nitrogens with one attached hydrogen (secondary N) is 2. The number of hydrogen-bond acceptors (Lipinski definition) is 7. The molecule has 0 bridgehead atoms. The first-order valence-electron chi connectivity index (χ1n) is 11.1. The molecule has 0 spiro atoms. The van der Waals surface area contributed by atoms with Crippen LogP contribution in [0, 0.1) is 0 Å². The zero-order chi connectivity index (χ0) is 22.2. The minimum absolute atomic E-state index is 0.0416. The number of ether oxygens (including phenoxy) is 3. The van der Waals surface area contributed by atoms with Gasteiger partial charge in [-0.3, -0.25) is 4.79 Å². The number of hydrogen-bond donors (Lipinski definition) is 2. The maximum absolute atomic E-state index is 13.2. The lowest BCUT2D eigenvalue weighted by Crippen LogP contribution is -2.50. The SMILES string of the molecule is CCOc1ncc([C@@H](C)N(C(=O)[C@H]2CNCCO2)C2CC2)cc1CCCNC(=O)OC. The van der Waals surface area contributed by atoms with Crippen LogP contribution >= 0.6 is 0 Å². The number of morpholine rings is 1. The molecule has 9 nitrogen and oxygen atoms in total. The Labute approximate surface area is 183 Å². The van der Waals surface area contributed by atoms with Crippen molar-refractivity contribution in [3.05, 3.63) is 23.4 Å². The van der Waals surface area contributed by atoms with Crippen molar-refractivity contribution < 1.29 is 23.8 Å². The fraction of sp³-hybridized carbons (Fsp3) is 0.682. The van der Waals surface area contributed by atoms with Crippen molar-refractivity contribution in [3.63, 3.8) is 0 Å². The molecule has 9 heteroatoms. The van der Waals surface area contributed by atoms with Gasteiger partial charge < -0.3 is 29.7 Å². The van der Waals surface area contributed by atoms with Crippen molar-refractivity contribution in [1.29, 1.82) is 0 Å². The standard InChI is InChI=1S/C22H34N4O5/c1-4-30-20-16(6-5-9-24-22(28)29-3)12-17(13-25-20)15(2)26(18-7-8-18)21(27)19-14-23-10-11-31-19/h12-13,15,18-19,23H,4-11,14H2,1-3H3,(H,24,28)/t15-,19-/m1/s1. The quantitative estimate of drug-likeness (QED) is 0.542. The molecule has 1 aromatic heterocycles. The van der Waals surface area contributed by atoms with Crippen LogP contribution in [0.3, 0.4) is 0 Å². The summed E-state index contributed by atoms with van der Waals surface area (Å²) in [5.41, 5.74) is 1.94. The van der Waals surface area contributed by atoms with Crippen molar-refractivity contribution in [3.8, 4) is 5.88 Å². The molecule has 1 aromatic rings. The molecule has 0 aromatic carbocycles. The van der Waals surface area contributed by atoms with Gasteiger partial charge in [-0.15, -0.1) is 0 Å². The number of nitrogens with zero attached hydrogens (tertiary/aromatic N) is 2. The van der Waals surface area contributed by atoms with Crippen LogP contribution in [0.1, 0.15) is 50.3 Å². The second-order valence-corrected chi connectivity index (χ2v) is 7.90. The Bertz CT molecular complexity index is 749. The third-order valence-electron chi connectivity index (χ3n) is 5.60. The zero-order valence-corrected chi connectivity index (χ0v) is 18.7. The van der Waals surface area contributed by atoms with E-state index in [9.17, 15) is 9.59 Å². The number of amides is 2. The van der Waals surface area contributed by atoms with E-state index in [2.05, 4.69) is 26.4 Å². The Kier molecular flexibility index (Phi) is 8.48. The van der Waals surface area contributed by atoms with Crippen LogP contribution in [0.25, 0.3) is 0 Å². The van der Waals surface area contributed by atoms with Crippen molar-refractivity contribution in [2.45, 2.75) is 57.7 Å². The van der Waals surface area contributed by atoms with E-state index in [0.29, 0.717) is 38.6 Å². The molecule has 3 rings (SSSR count). The van der Waals surface area contributed by atoms with Gasteiger partial charge in [0.05, 0.1) is 26.4 Å². The van der Waals surface area contributed by atoms with Crippen LogP contribution in [-0.4, -0.2) is 74.0 Å². The number of pyridine rings is 1. The monoisotopic (exact) mass is 434 g/mol. The lowest BCUT2D eigenvalue weighted by Gasteiger charge is -2.34. The maximum atomic E-state index is 13.2. The lowest BCUT2D eigenvalue weighted by atomic mass is 10.0. The van der Waals surface area contributed by atoms with Gasteiger partial charge in [-0.05, 0) is 51.2 Å². The lowest BCUT2D eigenvalue weighted by molar-refractivity contribution is -0.148. The third kappa shape index (κ3) is 6.30. The number of aryl methyl sites for hydroxylation is 1. The van der Waals surface area contributed by atoms with Gasteiger partial charge in [0.1, 0.15) is 6.10 Å². The summed E-state index contributed by atoms with van der Waals surface area (Å²) < 4.78 is 16.0. The zero-order valence-electron chi connectivity index (χ0n) is 18.7. The summed E-state index contributed by atoms with van der Waals surface area (Å²) in [7, 11) is 1.35. The fourth-order valence-corrected chi connectivity index (χ4v) is 3.82. The van der Waals surface area contributed by atoms with E-state index in [1.54, 1.807) is 6.20 Å². The largest absolute Gasteiger partial charge is 0.478 e. The summed E-state index contributed by atoms with van der Waals surface area (Å²) >= 11 is 0. The van der Waals surface area contributed by atoms with E-state index < -0.39 is 12.2 Å². The van der Waals surface area contributed by atoms with Crippen LogP contribution in [0.2, 0.25) is 0 Å². The molecule has 2 N–H and O–H groups in total. The number of rotatable bonds is 10. The first-order valence-corrected chi connectivity index (χ1v) is 11.1. The molecule has 0 unspecified atom stereocenters. The topological polar surface area (TPSA) is 102 Å². The van der Waals surface area contributed by atoms with Gasteiger partial charge in [0.25, 0.3) is 5.91 Å². The molecule has 2 atom stereocenters. The van der Waals surface area contributed by atoms with Gasteiger partial charge >= 0.3 is 6.09 Å². The Morgan fingerprint density at radius 2 is 2.23 bits per heavy atom. The normalized spacial score (nSPS) is 19.4. The van der Waals surface area contributed by atoms with Crippen LogP contribution in [0.5, 0.6) is 5.88 Å². The van der Waals surface area contributed by atoms with Gasteiger partial charge in [0.15, 0.2) is 0 Å². The first-order chi connectivity index (χ1) is 15.0. The molecule has 1 aliphatic heterocycles. The summed E-state index contributed by atoms with van der Waals surface area (Å²) in [6.07, 6.45) is 4.38. The van der Waals surface area contributed by atoms with Crippen LogP contribution < -0.4 is 15.4 Å². The molecule has 1 saturated carbocycles. The first kappa shape index (κ1) is 23.3. The summed E-state index contributed by atoms with van der Waals surface area (Å²) in [6, 6.07) is 2.22. The minimum atomic E-state index is -0.441. The Morgan fingerprint density at radius 3 is 2.87 bits per heavy atom. The number of aromatic nitrogens is 1. The molecule has 31 heavy (non-hydrogen) atoms. The van der Waals surface area contributed by atoms with Crippen molar-refractivity contribution >= 4 is 12.0 Å². The second kappa shape index (κ2) is 11.3. The van der Waals surface area contributed by atoms with E-state index in [1.165, 1.54) is 7.11 Å². The summed E-state index contributed by atoms with van der Waals surface area (Å²) in [6.45, 7) is 6.87. The number of carbonyl (C=O) groups is 2. The Hall–Kier alpha value is -2.39. The molecule has 2 heterocycles. The Balaban J connectivity index is 1.72. The number of alkyl carbamates (subject to hydrolysis) is 1. The summed E-state index contributed by atoms with van der Waals surface area (Å²) in [5, 5.41) is 5.93. The predicted molar refractivity (Wildman–Crippen MR) is 115 cm³/mol. The molecule has 2 aliphatic rings. The van der Waals surface area contributed by atoms with Gasteiger partial charge in [0, 0.05) is 37.4 Å². The molecular formula is C22H34N4O5. The molecule has 1 aliphatic carbocycles. The average Bonchev–Trinajstić information content (AvgIpc) is 3.63. The van der Waals surface area contributed by atoms with Crippen LogP contribution in [0.4, 0.5) is 4.79 Å². The second-order valence-electron chi connectivity index (χ2n) is 7.90. The fourth-order valence-electron chi connectivity index (χ4n) is 3.82. The summed E-state index contributed by atoms with van der Waals surface area (Å²) in [5.74, 6) is 0.639. The highest BCUT2D eigenvalue weighted by Gasteiger charge is 2.40. The van der Waals surface area contributed by atoms with Crippen LogP contribution in [-0.2, 0) is 20.7 Å². The predicted octanol–water partition coefficient (Wildman–Crippen LogP) is 1.81. The molecule has 2 amide bonds.